The maximum Gasteiger partial charge on any atom is 0.315 e. The molecule has 0 aliphatic heterocycles. The molecule has 0 saturated carbocycles. The number of methoxy groups -OCH3 is 1. The molecule has 0 bridgehead atoms. The smallest absolute Gasteiger partial charge is 0.315 e. The van der Waals surface area contributed by atoms with Crippen LogP contribution in [-0.2, 0) is 6.54 Å². The molecular formula is C17H20N2O3. The molecule has 0 aliphatic rings. The zero-order valence-corrected chi connectivity index (χ0v) is 12.5. The van der Waals surface area contributed by atoms with Crippen molar-refractivity contribution >= 4 is 6.03 Å². The van der Waals surface area contributed by atoms with Crippen LogP contribution in [0.2, 0.25) is 0 Å². The molecule has 2 aromatic rings. The highest BCUT2D eigenvalue weighted by atomic mass is 16.5. The van der Waals surface area contributed by atoms with Crippen LogP contribution in [0, 0.1) is 0 Å². The third kappa shape index (κ3) is 4.49. The van der Waals surface area contributed by atoms with Crippen molar-refractivity contribution in [3.63, 3.8) is 0 Å². The van der Waals surface area contributed by atoms with Crippen molar-refractivity contribution in [2.75, 3.05) is 13.7 Å². The zero-order valence-electron chi connectivity index (χ0n) is 12.5. The number of carbonyl (C=O) groups excluding carboxylic acids is 1. The highest BCUT2D eigenvalue weighted by Crippen LogP contribution is 2.13. The van der Waals surface area contributed by atoms with Crippen molar-refractivity contribution in [2.24, 2.45) is 0 Å². The number of rotatable bonds is 6. The number of aliphatic hydroxyl groups is 1. The largest absolute Gasteiger partial charge is 0.497 e. The van der Waals surface area contributed by atoms with Gasteiger partial charge in [0.1, 0.15) is 5.75 Å². The van der Waals surface area contributed by atoms with Gasteiger partial charge in [-0.1, -0.05) is 42.5 Å². The lowest BCUT2D eigenvalue weighted by atomic mass is 10.1. The summed E-state index contributed by atoms with van der Waals surface area (Å²) in [5, 5.41) is 14.9. The van der Waals surface area contributed by atoms with Gasteiger partial charge >= 0.3 is 6.03 Å². The van der Waals surface area contributed by atoms with Gasteiger partial charge in [0, 0.05) is 6.54 Å². The monoisotopic (exact) mass is 300 g/mol. The van der Waals surface area contributed by atoms with E-state index < -0.39 is 6.04 Å². The van der Waals surface area contributed by atoms with Crippen LogP contribution in [0.5, 0.6) is 5.75 Å². The minimum atomic E-state index is -0.425. The second-order valence-corrected chi connectivity index (χ2v) is 4.82. The van der Waals surface area contributed by atoms with Gasteiger partial charge < -0.3 is 20.5 Å². The number of benzene rings is 2. The third-order valence-electron chi connectivity index (χ3n) is 3.28. The van der Waals surface area contributed by atoms with E-state index in [2.05, 4.69) is 10.6 Å². The van der Waals surface area contributed by atoms with E-state index in [9.17, 15) is 9.90 Å². The lowest BCUT2D eigenvalue weighted by Gasteiger charge is -2.17. The van der Waals surface area contributed by atoms with Crippen LogP contribution in [-0.4, -0.2) is 24.9 Å². The van der Waals surface area contributed by atoms with Crippen LogP contribution >= 0.6 is 0 Å². The van der Waals surface area contributed by atoms with Crippen molar-refractivity contribution in [1.29, 1.82) is 0 Å². The van der Waals surface area contributed by atoms with Crippen LogP contribution in [0.3, 0.4) is 0 Å². The minimum absolute atomic E-state index is 0.156. The molecular weight excluding hydrogens is 280 g/mol. The van der Waals surface area contributed by atoms with E-state index in [0.29, 0.717) is 6.54 Å². The normalized spacial score (nSPS) is 11.5. The quantitative estimate of drug-likeness (QED) is 0.766. The van der Waals surface area contributed by atoms with E-state index in [1.54, 1.807) is 7.11 Å². The number of urea groups is 1. The number of aliphatic hydroxyl groups excluding tert-OH is 1. The van der Waals surface area contributed by atoms with Gasteiger partial charge in [0.25, 0.3) is 0 Å². The zero-order chi connectivity index (χ0) is 15.8. The first kappa shape index (κ1) is 15.9. The van der Waals surface area contributed by atoms with Crippen LogP contribution in [0.1, 0.15) is 17.2 Å². The van der Waals surface area contributed by atoms with E-state index in [1.807, 2.05) is 54.6 Å². The average Bonchev–Trinajstić information content (AvgIpc) is 2.58. The first-order valence-electron chi connectivity index (χ1n) is 7.06. The Morgan fingerprint density at radius 3 is 2.64 bits per heavy atom. The molecule has 22 heavy (non-hydrogen) atoms. The number of hydrogen-bond acceptors (Lipinski definition) is 3. The van der Waals surface area contributed by atoms with Crippen LogP contribution < -0.4 is 15.4 Å². The van der Waals surface area contributed by atoms with Gasteiger partial charge in [-0.25, -0.2) is 4.79 Å². The van der Waals surface area contributed by atoms with Gasteiger partial charge in [0.05, 0.1) is 19.8 Å². The molecule has 0 aliphatic carbocycles. The maximum atomic E-state index is 11.9. The molecule has 5 heteroatoms. The first-order chi connectivity index (χ1) is 10.7. The highest BCUT2D eigenvalue weighted by molar-refractivity contribution is 5.74. The molecule has 2 amide bonds. The molecule has 2 rings (SSSR count). The number of carbonyl (C=O) groups is 1. The van der Waals surface area contributed by atoms with Gasteiger partial charge in [-0.15, -0.1) is 0 Å². The molecule has 5 nitrogen and oxygen atoms in total. The predicted octanol–water partition coefficient (Wildman–Crippen LogP) is 2.23. The molecule has 0 spiro atoms. The van der Waals surface area contributed by atoms with Crippen LogP contribution in [0.4, 0.5) is 4.79 Å². The lowest BCUT2D eigenvalue weighted by Crippen LogP contribution is -2.38. The number of ether oxygens (including phenoxy) is 1. The third-order valence-corrected chi connectivity index (χ3v) is 3.28. The first-order valence-corrected chi connectivity index (χ1v) is 7.06. The van der Waals surface area contributed by atoms with E-state index in [4.69, 9.17) is 4.74 Å². The van der Waals surface area contributed by atoms with Crippen molar-refractivity contribution in [1.82, 2.24) is 10.6 Å². The van der Waals surface area contributed by atoms with Gasteiger partial charge in [-0.2, -0.15) is 0 Å². The van der Waals surface area contributed by atoms with Crippen molar-refractivity contribution < 1.29 is 14.6 Å². The summed E-state index contributed by atoms with van der Waals surface area (Å²) in [6, 6.07) is 16.1. The Bertz CT molecular complexity index is 602. The Kier molecular flexibility index (Phi) is 5.80. The Labute approximate surface area is 129 Å². The summed E-state index contributed by atoms with van der Waals surface area (Å²) in [4.78, 5) is 11.9. The Balaban J connectivity index is 1.89. The van der Waals surface area contributed by atoms with Gasteiger partial charge in [-0.05, 0) is 23.3 Å². The fourth-order valence-electron chi connectivity index (χ4n) is 2.09. The van der Waals surface area contributed by atoms with E-state index in [0.717, 1.165) is 16.9 Å². The molecule has 0 radical (unpaired) electrons. The number of nitrogens with one attached hydrogen (secondary N) is 2. The molecule has 0 fully saturated rings. The van der Waals surface area contributed by atoms with Crippen molar-refractivity contribution in [2.45, 2.75) is 12.6 Å². The van der Waals surface area contributed by atoms with Crippen molar-refractivity contribution in [3.8, 4) is 5.75 Å². The van der Waals surface area contributed by atoms with E-state index >= 15 is 0 Å². The fraction of sp³-hybridized carbons (Fsp3) is 0.235. The molecule has 0 unspecified atom stereocenters. The van der Waals surface area contributed by atoms with Gasteiger partial charge in [0.2, 0.25) is 0 Å². The summed E-state index contributed by atoms with van der Waals surface area (Å²) in [5.41, 5.74) is 1.80. The van der Waals surface area contributed by atoms with Gasteiger partial charge in [0.15, 0.2) is 0 Å². The summed E-state index contributed by atoms with van der Waals surface area (Å²) in [5.74, 6) is 0.747. The van der Waals surface area contributed by atoms with E-state index in [-0.39, 0.29) is 12.6 Å². The Morgan fingerprint density at radius 2 is 1.95 bits per heavy atom. The number of amides is 2. The summed E-state index contributed by atoms with van der Waals surface area (Å²) < 4.78 is 5.14. The fourth-order valence-corrected chi connectivity index (χ4v) is 2.09. The molecule has 3 N–H and O–H groups in total. The topological polar surface area (TPSA) is 70.6 Å². The molecule has 0 aromatic heterocycles. The summed E-state index contributed by atoms with van der Waals surface area (Å²) in [6.45, 7) is 0.229. The summed E-state index contributed by atoms with van der Waals surface area (Å²) in [6.07, 6.45) is 0. The molecule has 0 heterocycles. The second kappa shape index (κ2) is 8.05. The molecule has 0 saturated heterocycles. The summed E-state index contributed by atoms with van der Waals surface area (Å²) in [7, 11) is 1.60. The number of hydrogen-bond donors (Lipinski definition) is 3. The molecule has 1 atom stereocenters. The Hall–Kier alpha value is -2.53. The second-order valence-electron chi connectivity index (χ2n) is 4.82. The summed E-state index contributed by atoms with van der Waals surface area (Å²) >= 11 is 0. The standard InChI is InChI=1S/C17H20N2O3/c1-22-15-9-5-6-13(10-15)11-18-17(21)19-16(12-20)14-7-3-2-4-8-14/h2-10,16,20H,11-12H2,1H3,(H2,18,19,21)/t16-/m1/s1. The minimum Gasteiger partial charge on any atom is -0.497 e. The molecule has 116 valence electrons. The van der Waals surface area contributed by atoms with E-state index in [1.165, 1.54) is 0 Å². The lowest BCUT2D eigenvalue weighted by molar-refractivity contribution is 0.216. The SMILES string of the molecule is COc1cccc(CNC(=O)N[C@H](CO)c2ccccc2)c1. The van der Waals surface area contributed by atoms with Crippen molar-refractivity contribution in [3.05, 3.63) is 65.7 Å². The average molecular weight is 300 g/mol. The Morgan fingerprint density at radius 1 is 1.18 bits per heavy atom. The van der Waals surface area contributed by atoms with Crippen LogP contribution in [0.25, 0.3) is 0 Å². The molecule has 2 aromatic carbocycles. The van der Waals surface area contributed by atoms with Crippen LogP contribution in [0.15, 0.2) is 54.6 Å². The highest BCUT2D eigenvalue weighted by Gasteiger charge is 2.12. The maximum absolute atomic E-state index is 11.9. The predicted molar refractivity (Wildman–Crippen MR) is 84.6 cm³/mol. The van der Waals surface area contributed by atoms with Gasteiger partial charge in [-0.3, -0.25) is 0 Å².